The second-order valence-electron chi connectivity index (χ2n) is 3.79. The van der Waals surface area contributed by atoms with Crippen LogP contribution in [0.15, 0.2) is 40.6 Å². The fraction of sp³-hybridized carbons (Fsp3) is 0.0909. The maximum atomic E-state index is 12.4. The molecule has 3 aromatic rings. The van der Waals surface area contributed by atoms with Gasteiger partial charge < -0.3 is 0 Å². The summed E-state index contributed by atoms with van der Waals surface area (Å²) >= 11 is 1.22. The van der Waals surface area contributed by atoms with Crippen LogP contribution in [0.2, 0.25) is 0 Å². The van der Waals surface area contributed by atoms with E-state index in [1.165, 1.54) is 11.3 Å². The summed E-state index contributed by atoms with van der Waals surface area (Å²) in [6, 6.07) is 10.3. The lowest BCUT2D eigenvalue weighted by Crippen LogP contribution is -2.13. The van der Waals surface area contributed by atoms with E-state index in [2.05, 4.69) is 10.3 Å². The third-order valence-corrected chi connectivity index (χ3v) is 5.57. The lowest BCUT2D eigenvalue weighted by Gasteiger charge is -2.01. The molecule has 0 bridgehead atoms. The van der Waals surface area contributed by atoms with Gasteiger partial charge in [0.2, 0.25) is 0 Å². The zero-order valence-electron chi connectivity index (χ0n) is 9.44. The summed E-state index contributed by atoms with van der Waals surface area (Å²) in [6.45, 7) is 1.86. The lowest BCUT2D eigenvalue weighted by atomic mass is 10.3. The van der Waals surface area contributed by atoms with E-state index in [0.29, 0.717) is 11.0 Å². The Hall–Kier alpha value is -1.73. The Morgan fingerprint density at radius 3 is 2.67 bits per heavy atom. The Morgan fingerprint density at radius 1 is 1.17 bits per heavy atom. The van der Waals surface area contributed by atoms with Gasteiger partial charge in [0.1, 0.15) is 15.2 Å². The second kappa shape index (κ2) is 3.89. The molecule has 0 fully saturated rings. The highest BCUT2D eigenvalue weighted by atomic mass is 32.2. The van der Waals surface area contributed by atoms with E-state index in [1.54, 1.807) is 36.4 Å². The first-order valence-corrected chi connectivity index (χ1v) is 7.47. The van der Waals surface area contributed by atoms with Gasteiger partial charge in [0, 0.05) is 4.88 Å². The minimum Gasteiger partial charge on any atom is -0.198 e. The van der Waals surface area contributed by atoms with Gasteiger partial charge in [0.15, 0.2) is 0 Å². The minimum atomic E-state index is -3.64. The molecule has 0 radical (unpaired) electrons. The summed E-state index contributed by atoms with van der Waals surface area (Å²) in [5.41, 5.74) is 1.05. The van der Waals surface area contributed by atoms with Crippen LogP contribution in [0.3, 0.4) is 0 Å². The Balaban J connectivity index is 2.26. The van der Waals surface area contributed by atoms with Crippen molar-refractivity contribution in [2.24, 2.45) is 0 Å². The van der Waals surface area contributed by atoms with Crippen LogP contribution in [-0.4, -0.2) is 22.8 Å². The van der Waals surface area contributed by atoms with E-state index in [9.17, 15) is 8.42 Å². The first-order valence-electron chi connectivity index (χ1n) is 5.21. The van der Waals surface area contributed by atoms with Crippen LogP contribution in [0.25, 0.3) is 11.0 Å². The van der Waals surface area contributed by atoms with Gasteiger partial charge in [-0.1, -0.05) is 17.3 Å². The molecule has 0 amide bonds. The van der Waals surface area contributed by atoms with Crippen molar-refractivity contribution in [2.75, 3.05) is 0 Å². The maximum Gasteiger partial charge on any atom is 0.294 e. The molecule has 7 heteroatoms. The van der Waals surface area contributed by atoms with Crippen LogP contribution in [-0.2, 0) is 10.0 Å². The highest BCUT2D eigenvalue weighted by molar-refractivity contribution is 7.92. The van der Waals surface area contributed by atoms with Crippen LogP contribution in [0.4, 0.5) is 0 Å². The van der Waals surface area contributed by atoms with Crippen LogP contribution < -0.4 is 0 Å². The monoisotopic (exact) mass is 279 g/mol. The Bertz CT molecular complexity index is 818. The molecule has 0 unspecified atom stereocenters. The number of aromatic nitrogens is 3. The SMILES string of the molecule is Cc1ccc(S(=O)(=O)n2nnc3ccccc32)s1. The summed E-state index contributed by atoms with van der Waals surface area (Å²) in [5.74, 6) is 0. The van der Waals surface area contributed by atoms with Gasteiger partial charge in [-0.05, 0) is 31.2 Å². The largest absolute Gasteiger partial charge is 0.294 e. The lowest BCUT2D eigenvalue weighted by molar-refractivity contribution is 0.581. The van der Waals surface area contributed by atoms with Gasteiger partial charge in [-0.15, -0.1) is 20.5 Å². The molecule has 18 heavy (non-hydrogen) atoms. The van der Waals surface area contributed by atoms with E-state index in [1.807, 2.05) is 6.92 Å². The molecule has 0 aliphatic carbocycles. The molecule has 0 saturated carbocycles. The van der Waals surface area contributed by atoms with Crippen LogP contribution in [0.5, 0.6) is 0 Å². The quantitative estimate of drug-likeness (QED) is 0.720. The van der Waals surface area contributed by atoms with Gasteiger partial charge in [-0.3, -0.25) is 0 Å². The van der Waals surface area contributed by atoms with E-state index in [0.717, 1.165) is 8.96 Å². The van der Waals surface area contributed by atoms with Crippen LogP contribution in [0.1, 0.15) is 4.88 Å². The highest BCUT2D eigenvalue weighted by Crippen LogP contribution is 2.24. The predicted molar refractivity (Wildman–Crippen MR) is 69.2 cm³/mol. The number of thiophene rings is 1. The summed E-state index contributed by atoms with van der Waals surface area (Å²) < 4.78 is 26.0. The first-order chi connectivity index (χ1) is 8.59. The second-order valence-corrected chi connectivity index (χ2v) is 7.07. The zero-order valence-corrected chi connectivity index (χ0v) is 11.1. The van der Waals surface area contributed by atoms with Crippen molar-refractivity contribution in [3.8, 4) is 0 Å². The summed E-state index contributed by atoms with van der Waals surface area (Å²) in [4.78, 5) is 0.943. The van der Waals surface area contributed by atoms with Crippen LogP contribution in [0, 0.1) is 6.92 Å². The molecule has 0 N–H and O–H groups in total. The standard InChI is InChI=1S/C11H9N3O2S2/c1-8-6-7-11(17-8)18(15,16)14-10-5-3-2-4-9(10)12-13-14/h2-7H,1H3. The predicted octanol–water partition coefficient (Wildman–Crippen LogP) is 2.04. The van der Waals surface area contributed by atoms with Crippen molar-refractivity contribution in [3.05, 3.63) is 41.3 Å². The number of hydrogen-bond donors (Lipinski definition) is 0. The van der Waals surface area contributed by atoms with E-state index < -0.39 is 10.0 Å². The van der Waals surface area contributed by atoms with Gasteiger partial charge >= 0.3 is 0 Å². The Morgan fingerprint density at radius 2 is 1.94 bits per heavy atom. The number of para-hydroxylation sites is 1. The average molecular weight is 279 g/mol. The average Bonchev–Trinajstić information content (AvgIpc) is 2.95. The highest BCUT2D eigenvalue weighted by Gasteiger charge is 2.22. The number of rotatable bonds is 2. The molecule has 5 nitrogen and oxygen atoms in total. The Labute approximate surface area is 108 Å². The molecule has 0 aliphatic heterocycles. The molecule has 2 heterocycles. The van der Waals surface area contributed by atoms with E-state index in [-0.39, 0.29) is 4.21 Å². The molecule has 0 aliphatic rings. The van der Waals surface area contributed by atoms with Crippen molar-refractivity contribution < 1.29 is 8.42 Å². The van der Waals surface area contributed by atoms with Crippen molar-refractivity contribution >= 4 is 32.4 Å². The third kappa shape index (κ3) is 1.63. The number of aryl methyl sites for hydroxylation is 1. The number of benzene rings is 1. The van der Waals surface area contributed by atoms with Crippen molar-refractivity contribution in [3.63, 3.8) is 0 Å². The third-order valence-electron chi connectivity index (χ3n) is 2.52. The fourth-order valence-electron chi connectivity index (χ4n) is 1.66. The van der Waals surface area contributed by atoms with Gasteiger partial charge in [0.05, 0.1) is 0 Å². The topological polar surface area (TPSA) is 64.8 Å². The van der Waals surface area contributed by atoms with E-state index >= 15 is 0 Å². The van der Waals surface area contributed by atoms with Crippen LogP contribution >= 0.6 is 11.3 Å². The molecular formula is C11H9N3O2S2. The van der Waals surface area contributed by atoms with Gasteiger partial charge in [0.25, 0.3) is 10.0 Å². The fourth-order valence-corrected chi connectivity index (χ4v) is 4.23. The summed E-state index contributed by atoms with van der Waals surface area (Å²) in [5, 5.41) is 7.59. The van der Waals surface area contributed by atoms with Crippen molar-refractivity contribution in [1.29, 1.82) is 0 Å². The summed E-state index contributed by atoms with van der Waals surface area (Å²) in [6.07, 6.45) is 0. The molecule has 0 atom stereocenters. The maximum absolute atomic E-state index is 12.4. The molecule has 0 spiro atoms. The normalized spacial score (nSPS) is 12.1. The molecule has 92 valence electrons. The molecule has 1 aromatic carbocycles. The molecule has 2 aromatic heterocycles. The summed E-state index contributed by atoms with van der Waals surface area (Å²) in [7, 11) is -3.64. The molecule has 0 saturated heterocycles. The molecule has 3 rings (SSSR count). The number of nitrogens with zero attached hydrogens (tertiary/aromatic N) is 3. The minimum absolute atomic E-state index is 0.274. The van der Waals surface area contributed by atoms with Crippen molar-refractivity contribution in [1.82, 2.24) is 14.4 Å². The van der Waals surface area contributed by atoms with E-state index in [4.69, 9.17) is 0 Å². The first kappa shape index (κ1) is 11.4. The number of hydrogen-bond acceptors (Lipinski definition) is 5. The zero-order chi connectivity index (χ0) is 12.8. The molecular weight excluding hydrogens is 270 g/mol. The number of fused-ring (bicyclic) bond motifs is 1. The smallest absolute Gasteiger partial charge is 0.198 e. The van der Waals surface area contributed by atoms with Crippen molar-refractivity contribution in [2.45, 2.75) is 11.1 Å². The van der Waals surface area contributed by atoms with Gasteiger partial charge in [-0.25, -0.2) is 0 Å². The van der Waals surface area contributed by atoms with Gasteiger partial charge in [-0.2, -0.15) is 8.42 Å². The Kier molecular flexibility index (Phi) is 2.46.